The van der Waals surface area contributed by atoms with E-state index in [-0.39, 0.29) is 0 Å². The van der Waals surface area contributed by atoms with Crippen molar-refractivity contribution < 1.29 is 12.9 Å². The molecule has 2 heterocycles. The van der Waals surface area contributed by atoms with E-state index in [1.807, 2.05) is 47.4 Å². The Morgan fingerprint density at radius 3 is 2.45 bits per heavy atom. The lowest BCUT2D eigenvalue weighted by Crippen LogP contribution is -2.49. The number of nitrogens with zero attached hydrogens (tertiary/aromatic N) is 4. The van der Waals surface area contributed by atoms with Crippen LogP contribution in [0.5, 0.6) is 0 Å². The number of fused-ring (bicyclic) bond motifs is 1. The topological polar surface area (TPSA) is 79.5 Å². The van der Waals surface area contributed by atoms with Gasteiger partial charge in [-0.25, -0.2) is 8.42 Å². The van der Waals surface area contributed by atoms with E-state index in [1.54, 1.807) is 10.4 Å². The molecule has 1 aliphatic heterocycles. The molecule has 29 heavy (non-hydrogen) atoms. The van der Waals surface area contributed by atoms with E-state index in [4.69, 9.17) is 4.52 Å². The molecule has 0 amide bonds. The van der Waals surface area contributed by atoms with E-state index in [0.29, 0.717) is 42.9 Å². The predicted octanol–water partition coefficient (Wildman–Crippen LogP) is 2.74. The second-order valence-corrected chi connectivity index (χ2v) is 9.38. The Balaban J connectivity index is 1.28. The van der Waals surface area contributed by atoms with Crippen molar-refractivity contribution in [2.24, 2.45) is 0 Å². The Bertz CT molecular complexity index is 1120. The molecular formula is C21H22N4O3S. The van der Waals surface area contributed by atoms with Gasteiger partial charge in [-0.15, -0.1) is 0 Å². The van der Waals surface area contributed by atoms with E-state index >= 15 is 0 Å². The SMILES string of the molecule is O=S(=O)(c1ccc2c(c1)CCC2)N1CCN(c2noc(-c3ccccc3)n2)CC1. The number of aromatic nitrogens is 2. The second kappa shape index (κ2) is 7.27. The molecule has 0 spiro atoms. The van der Waals surface area contributed by atoms with Gasteiger partial charge in [0.05, 0.1) is 4.90 Å². The van der Waals surface area contributed by atoms with Gasteiger partial charge >= 0.3 is 0 Å². The highest BCUT2D eigenvalue weighted by molar-refractivity contribution is 7.89. The largest absolute Gasteiger partial charge is 0.336 e. The number of aryl methyl sites for hydroxylation is 2. The standard InChI is InChI=1S/C21H22N4O3S/c26-29(27,19-10-9-16-7-4-8-18(16)15-19)25-13-11-24(12-14-25)21-22-20(28-23-21)17-5-2-1-3-6-17/h1-3,5-6,9-10,15H,4,7-8,11-14H2. The number of sulfonamides is 1. The third kappa shape index (κ3) is 3.42. The molecule has 0 atom stereocenters. The molecule has 0 saturated carbocycles. The van der Waals surface area contributed by atoms with Crippen molar-refractivity contribution in [3.63, 3.8) is 0 Å². The monoisotopic (exact) mass is 410 g/mol. The van der Waals surface area contributed by atoms with Gasteiger partial charge in [0.1, 0.15) is 0 Å². The van der Waals surface area contributed by atoms with Crippen LogP contribution in [-0.2, 0) is 22.9 Å². The highest BCUT2D eigenvalue weighted by atomic mass is 32.2. The summed E-state index contributed by atoms with van der Waals surface area (Å²) in [5, 5.41) is 4.07. The fourth-order valence-corrected chi connectivity index (χ4v) is 5.50. The van der Waals surface area contributed by atoms with Crippen LogP contribution in [0.4, 0.5) is 5.95 Å². The number of hydrogen-bond acceptors (Lipinski definition) is 6. The summed E-state index contributed by atoms with van der Waals surface area (Å²) in [4.78, 5) is 6.83. The lowest BCUT2D eigenvalue weighted by atomic mass is 10.1. The Labute approximate surface area is 170 Å². The van der Waals surface area contributed by atoms with Crippen LogP contribution in [0, 0.1) is 0 Å². The van der Waals surface area contributed by atoms with E-state index < -0.39 is 10.0 Å². The van der Waals surface area contributed by atoms with Gasteiger partial charge in [0, 0.05) is 31.7 Å². The van der Waals surface area contributed by atoms with Gasteiger partial charge in [0.2, 0.25) is 10.0 Å². The van der Waals surface area contributed by atoms with Crippen molar-refractivity contribution in [2.75, 3.05) is 31.1 Å². The molecule has 0 unspecified atom stereocenters. The minimum Gasteiger partial charge on any atom is -0.336 e. The van der Waals surface area contributed by atoms with Gasteiger partial charge in [0.15, 0.2) is 0 Å². The quantitative estimate of drug-likeness (QED) is 0.658. The smallest absolute Gasteiger partial charge is 0.266 e. The van der Waals surface area contributed by atoms with Crippen molar-refractivity contribution in [3.05, 3.63) is 59.7 Å². The second-order valence-electron chi connectivity index (χ2n) is 7.44. The van der Waals surface area contributed by atoms with Gasteiger partial charge in [-0.3, -0.25) is 0 Å². The summed E-state index contributed by atoms with van der Waals surface area (Å²) < 4.78 is 33.1. The van der Waals surface area contributed by atoms with Crippen LogP contribution in [0.2, 0.25) is 0 Å². The van der Waals surface area contributed by atoms with Crippen molar-refractivity contribution >= 4 is 16.0 Å². The van der Waals surface area contributed by atoms with Gasteiger partial charge in [-0.2, -0.15) is 9.29 Å². The highest BCUT2D eigenvalue weighted by Crippen LogP contribution is 2.27. The lowest BCUT2D eigenvalue weighted by Gasteiger charge is -2.33. The fraction of sp³-hybridized carbons (Fsp3) is 0.333. The molecule has 1 fully saturated rings. The van der Waals surface area contributed by atoms with Gasteiger partial charge in [-0.1, -0.05) is 24.3 Å². The lowest BCUT2D eigenvalue weighted by molar-refractivity contribution is 0.377. The van der Waals surface area contributed by atoms with Crippen LogP contribution in [-0.4, -0.2) is 49.0 Å². The number of benzene rings is 2. The molecule has 1 aromatic heterocycles. The third-order valence-corrected chi connectivity index (χ3v) is 7.56. The van der Waals surface area contributed by atoms with Gasteiger partial charge in [-0.05, 0) is 59.8 Å². The zero-order valence-corrected chi connectivity index (χ0v) is 16.8. The summed E-state index contributed by atoms with van der Waals surface area (Å²) in [5.74, 6) is 0.965. The molecule has 0 radical (unpaired) electrons. The summed E-state index contributed by atoms with van der Waals surface area (Å²) in [7, 11) is -3.48. The first-order valence-electron chi connectivity index (χ1n) is 9.87. The molecule has 0 N–H and O–H groups in total. The van der Waals surface area contributed by atoms with Crippen LogP contribution >= 0.6 is 0 Å². The normalized spacial score (nSPS) is 17.4. The van der Waals surface area contributed by atoms with Crippen LogP contribution in [0.3, 0.4) is 0 Å². The predicted molar refractivity (Wildman–Crippen MR) is 109 cm³/mol. The van der Waals surface area contributed by atoms with Crippen LogP contribution < -0.4 is 4.90 Å². The third-order valence-electron chi connectivity index (χ3n) is 5.67. The van der Waals surface area contributed by atoms with Crippen LogP contribution in [0.15, 0.2) is 57.9 Å². The molecule has 7 nitrogen and oxygen atoms in total. The van der Waals surface area contributed by atoms with Gasteiger partial charge in [0.25, 0.3) is 11.8 Å². The summed E-state index contributed by atoms with van der Waals surface area (Å²) in [6.07, 6.45) is 3.12. The Hall–Kier alpha value is -2.71. The molecule has 5 rings (SSSR count). The average Bonchev–Trinajstić information content (AvgIpc) is 3.44. The minimum absolute atomic E-state index is 0.397. The zero-order valence-electron chi connectivity index (χ0n) is 16.0. The summed E-state index contributed by atoms with van der Waals surface area (Å²) in [5.41, 5.74) is 3.31. The summed E-state index contributed by atoms with van der Waals surface area (Å²) in [6, 6.07) is 15.2. The number of piperazine rings is 1. The van der Waals surface area contributed by atoms with Crippen LogP contribution in [0.1, 0.15) is 17.5 Å². The van der Waals surface area contributed by atoms with Crippen molar-refractivity contribution in [1.29, 1.82) is 0 Å². The van der Waals surface area contributed by atoms with Crippen molar-refractivity contribution in [2.45, 2.75) is 24.2 Å². The molecule has 1 aliphatic carbocycles. The van der Waals surface area contributed by atoms with E-state index in [9.17, 15) is 8.42 Å². The summed E-state index contributed by atoms with van der Waals surface area (Å²) >= 11 is 0. The first kappa shape index (κ1) is 18.3. The zero-order chi connectivity index (χ0) is 19.8. The van der Waals surface area contributed by atoms with Crippen molar-refractivity contribution in [1.82, 2.24) is 14.4 Å². The Kier molecular flexibility index (Phi) is 4.60. The van der Waals surface area contributed by atoms with E-state index in [1.165, 1.54) is 11.1 Å². The molecule has 3 aromatic rings. The number of rotatable bonds is 4. The molecule has 8 heteroatoms. The first-order chi connectivity index (χ1) is 14.1. The maximum absolute atomic E-state index is 13.1. The number of anilines is 1. The highest BCUT2D eigenvalue weighted by Gasteiger charge is 2.30. The summed E-state index contributed by atoms with van der Waals surface area (Å²) in [6.45, 7) is 1.85. The van der Waals surface area contributed by atoms with E-state index in [2.05, 4.69) is 10.1 Å². The Morgan fingerprint density at radius 2 is 1.66 bits per heavy atom. The number of hydrogen-bond donors (Lipinski definition) is 0. The Morgan fingerprint density at radius 1 is 0.897 bits per heavy atom. The average molecular weight is 410 g/mol. The first-order valence-corrected chi connectivity index (χ1v) is 11.3. The molecule has 0 bridgehead atoms. The fourth-order valence-electron chi connectivity index (χ4n) is 4.03. The maximum atomic E-state index is 13.1. The van der Waals surface area contributed by atoms with Gasteiger partial charge < -0.3 is 9.42 Å². The van der Waals surface area contributed by atoms with E-state index in [0.717, 1.165) is 24.8 Å². The molecule has 2 aromatic carbocycles. The molecule has 1 saturated heterocycles. The molecule has 2 aliphatic rings. The minimum atomic E-state index is -3.48. The molecular weight excluding hydrogens is 388 g/mol. The van der Waals surface area contributed by atoms with Crippen molar-refractivity contribution in [3.8, 4) is 11.5 Å². The molecule has 150 valence electrons. The van der Waals surface area contributed by atoms with Crippen LogP contribution in [0.25, 0.3) is 11.5 Å². The maximum Gasteiger partial charge on any atom is 0.266 e.